The first kappa shape index (κ1) is 8.24. The van der Waals surface area contributed by atoms with Gasteiger partial charge in [-0.1, -0.05) is 11.6 Å². The fraction of sp³-hybridized carbons (Fsp3) is 0.750. The van der Waals surface area contributed by atoms with Crippen molar-refractivity contribution in [2.24, 2.45) is 0 Å². The maximum atomic E-state index is 10.6. The van der Waals surface area contributed by atoms with Crippen LogP contribution in [0.4, 0.5) is 0 Å². The smallest absolute Gasteiger partial charge is 0.223 e. The highest BCUT2D eigenvalue weighted by atomic mass is 16.6. The molecule has 0 aliphatic heterocycles. The van der Waals surface area contributed by atoms with Crippen LogP contribution in [-0.4, -0.2) is 10.5 Å². The van der Waals surface area contributed by atoms with Crippen molar-refractivity contribution in [2.75, 3.05) is 0 Å². The van der Waals surface area contributed by atoms with Crippen molar-refractivity contribution in [1.29, 1.82) is 0 Å². The Morgan fingerprint density at radius 2 is 2.36 bits per heavy atom. The van der Waals surface area contributed by atoms with Crippen LogP contribution in [0.2, 0.25) is 0 Å². The number of nitro groups is 1. The molecule has 0 amide bonds. The molecule has 0 aromatic heterocycles. The molecule has 1 atom stereocenters. The van der Waals surface area contributed by atoms with E-state index >= 15 is 0 Å². The van der Waals surface area contributed by atoms with Crippen molar-refractivity contribution < 1.29 is 4.92 Å². The van der Waals surface area contributed by atoms with Crippen LogP contribution in [-0.2, 0) is 0 Å². The Morgan fingerprint density at radius 3 is 2.73 bits per heavy atom. The molecule has 0 aromatic rings. The summed E-state index contributed by atoms with van der Waals surface area (Å²) in [5.41, 5.74) is 0.453. The Labute approximate surface area is 66.3 Å². The van der Waals surface area contributed by atoms with Gasteiger partial charge in [-0.2, -0.15) is 0 Å². The summed E-state index contributed by atoms with van der Waals surface area (Å²) in [6.45, 7) is 3.68. The number of rotatable bonds is 1. The zero-order chi connectivity index (χ0) is 8.48. The van der Waals surface area contributed by atoms with E-state index in [4.69, 9.17) is 0 Å². The Morgan fingerprint density at radius 1 is 1.73 bits per heavy atom. The zero-order valence-corrected chi connectivity index (χ0v) is 6.96. The summed E-state index contributed by atoms with van der Waals surface area (Å²) >= 11 is 0. The lowest BCUT2D eigenvalue weighted by atomic mass is 9.84. The Hall–Kier alpha value is -0.860. The van der Waals surface area contributed by atoms with Gasteiger partial charge in [-0.15, -0.1) is 0 Å². The lowest BCUT2D eigenvalue weighted by molar-refractivity contribution is -0.566. The van der Waals surface area contributed by atoms with Crippen LogP contribution in [0.5, 0.6) is 0 Å². The maximum absolute atomic E-state index is 10.6. The molecular weight excluding hydrogens is 142 g/mol. The Balaban J connectivity index is 2.76. The van der Waals surface area contributed by atoms with E-state index in [2.05, 4.69) is 6.08 Å². The van der Waals surface area contributed by atoms with E-state index in [9.17, 15) is 10.1 Å². The van der Waals surface area contributed by atoms with E-state index < -0.39 is 5.54 Å². The molecule has 1 aliphatic carbocycles. The van der Waals surface area contributed by atoms with Crippen LogP contribution in [0, 0.1) is 10.1 Å². The first-order valence-corrected chi connectivity index (χ1v) is 3.85. The van der Waals surface area contributed by atoms with Crippen LogP contribution in [0.1, 0.15) is 33.1 Å². The molecule has 0 aromatic carbocycles. The second-order valence-corrected chi connectivity index (χ2v) is 3.52. The molecule has 0 heterocycles. The fourth-order valence-corrected chi connectivity index (χ4v) is 1.55. The van der Waals surface area contributed by atoms with Crippen LogP contribution < -0.4 is 0 Å². The summed E-state index contributed by atoms with van der Waals surface area (Å²) in [5, 5.41) is 10.6. The highest BCUT2D eigenvalue weighted by molar-refractivity contribution is 5.07. The lowest BCUT2D eigenvalue weighted by Gasteiger charge is -2.24. The van der Waals surface area contributed by atoms with Crippen LogP contribution in [0.3, 0.4) is 0 Å². The normalized spacial score (nSPS) is 31.3. The average molecular weight is 155 g/mol. The molecule has 1 aliphatic rings. The van der Waals surface area contributed by atoms with Crippen molar-refractivity contribution in [3.63, 3.8) is 0 Å². The monoisotopic (exact) mass is 155 g/mol. The van der Waals surface area contributed by atoms with E-state index in [-0.39, 0.29) is 4.92 Å². The second kappa shape index (κ2) is 2.64. The largest absolute Gasteiger partial charge is 0.264 e. The molecule has 0 radical (unpaired) electrons. The van der Waals surface area contributed by atoms with Crippen molar-refractivity contribution in [1.82, 2.24) is 0 Å². The highest BCUT2D eigenvalue weighted by Gasteiger charge is 2.38. The van der Waals surface area contributed by atoms with Crippen molar-refractivity contribution in [3.8, 4) is 0 Å². The third kappa shape index (κ3) is 1.59. The van der Waals surface area contributed by atoms with Gasteiger partial charge >= 0.3 is 0 Å². The summed E-state index contributed by atoms with van der Waals surface area (Å²) in [7, 11) is 0. The second-order valence-electron chi connectivity index (χ2n) is 3.52. The van der Waals surface area contributed by atoms with Gasteiger partial charge in [0.1, 0.15) is 0 Å². The third-order valence-electron chi connectivity index (χ3n) is 2.28. The maximum Gasteiger partial charge on any atom is 0.223 e. The van der Waals surface area contributed by atoms with E-state index in [0.717, 1.165) is 12.0 Å². The molecule has 0 fully saturated rings. The quantitative estimate of drug-likeness (QED) is 0.331. The number of allylic oxidation sites excluding steroid dienone is 1. The number of hydrogen-bond donors (Lipinski definition) is 0. The van der Waals surface area contributed by atoms with Gasteiger partial charge in [-0.05, 0) is 13.3 Å². The fourth-order valence-electron chi connectivity index (χ4n) is 1.55. The topological polar surface area (TPSA) is 43.1 Å². The Bertz CT molecular complexity index is 210. The summed E-state index contributed by atoms with van der Waals surface area (Å²) in [5.74, 6) is 0. The summed E-state index contributed by atoms with van der Waals surface area (Å²) in [6.07, 6.45) is 4.23. The first-order valence-electron chi connectivity index (χ1n) is 3.85. The molecular formula is C8H13NO2. The minimum Gasteiger partial charge on any atom is -0.264 e. The number of nitrogens with zero attached hydrogens (tertiary/aromatic N) is 1. The van der Waals surface area contributed by atoms with Crippen molar-refractivity contribution in [3.05, 3.63) is 21.8 Å². The van der Waals surface area contributed by atoms with E-state index in [1.807, 2.05) is 6.92 Å². The van der Waals surface area contributed by atoms with Gasteiger partial charge in [0, 0.05) is 24.7 Å². The standard InChI is InChI=1S/C8H13NO2/c1-7-4-3-5-8(2,6-7)9(10)11/h4H,3,5-6H2,1-2H3. The van der Waals surface area contributed by atoms with Gasteiger partial charge in [0.15, 0.2) is 0 Å². The van der Waals surface area contributed by atoms with E-state index in [0.29, 0.717) is 12.8 Å². The Kier molecular flexibility index (Phi) is 1.98. The van der Waals surface area contributed by atoms with Gasteiger partial charge in [0.05, 0.1) is 0 Å². The SMILES string of the molecule is CC1=CCCC(C)([N+](=O)[O-])C1. The van der Waals surface area contributed by atoms with E-state index in [1.165, 1.54) is 0 Å². The first-order chi connectivity index (χ1) is 5.04. The summed E-state index contributed by atoms with van der Waals surface area (Å²) < 4.78 is 0. The van der Waals surface area contributed by atoms with Crippen LogP contribution in [0.25, 0.3) is 0 Å². The predicted molar refractivity (Wildman–Crippen MR) is 43.0 cm³/mol. The molecule has 1 rings (SSSR count). The van der Waals surface area contributed by atoms with Crippen molar-refractivity contribution >= 4 is 0 Å². The molecule has 0 bridgehead atoms. The molecule has 0 spiro atoms. The van der Waals surface area contributed by atoms with Crippen LogP contribution in [0.15, 0.2) is 11.6 Å². The molecule has 62 valence electrons. The molecule has 3 heteroatoms. The van der Waals surface area contributed by atoms with Crippen LogP contribution >= 0.6 is 0 Å². The van der Waals surface area contributed by atoms with Gasteiger partial charge in [0.2, 0.25) is 5.54 Å². The highest BCUT2D eigenvalue weighted by Crippen LogP contribution is 2.29. The molecule has 0 N–H and O–H groups in total. The minimum absolute atomic E-state index is 0.149. The van der Waals surface area contributed by atoms with Gasteiger partial charge in [0.25, 0.3) is 0 Å². The molecule has 11 heavy (non-hydrogen) atoms. The summed E-state index contributed by atoms with van der Waals surface area (Å²) in [4.78, 5) is 10.5. The van der Waals surface area contributed by atoms with Gasteiger partial charge < -0.3 is 0 Å². The van der Waals surface area contributed by atoms with Gasteiger partial charge in [-0.3, -0.25) is 10.1 Å². The zero-order valence-electron chi connectivity index (χ0n) is 6.96. The molecule has 0 saturated heterocycles. The minimum atomic E-state index is -0.696. The van der Waals surface area contributed by atoms with Gasteiger partial charge in [-0.25, -0.2) is 0 Å². The molecule has 3 nitrogen and oxygen atoms in total. The van der Waals surface area contributed by atoms with E-state index in [1.54, 1.807) is 6.92 Å². The lowest BCUT2D eigenvalue weighted by Crippen LogP contribution is -2.36. The number of hydrogen-bond acceptors (Lipinski definition) is 2. The third-order valence-corrected chi connectivity index (χ3v) is 2.28. The predicted octanol–water partition coefficient (Wildman–Crippen LogP) is 2.15. The molecule has 0 saturated carbocycles. The summed E-state index contributed by atoms with van der Waals surface area (Å²) in [6, 6.07) is 0. The molecule has 1 unspecified atom stereocenters. The van der Waals surface area contributed by atoms with Crippen molar-refractivity contribution in [2.45, 2.75) is 38.6 Å². The average Bonchev–Trinajstić information content (AvgIpc) is 1.86.